The molecule has 1 nitrogen and oxygen atoms in total. The van der Waals surface area contributed by atoms with E-state index < -0.39 is 0 Å². The highest BCUT2D eigenvalue weighted by Crippen LogP contribution is 2.59. The van der Waals surface area contributed by atoms with Gasteiger partial charge in [0.1, 0.15) is 0 Å². The Morgan fingerprint density at radius 1 is 1.25 bits per heavy atom. The van der Waals surface area contributed by atoms with Crippen LogP contribution in [0.1, 0.15) is 53.4 Å². The highest BCUT2D eigenvalue weighted by atomic mass is 16.1. The molecule has 1 spiro atoms. The molecule has 0 aromatic heterocycles. The SMILES string of the molecule is C=C1C(=O)C[C@@H](C)[C@@]12C[C@H](C)CC(C)(C)C2. The second kappa shape index (κ2) is 3.45. The first-order valence-corrected chi connectivity index (χ1v) is 6.49. The van der Waals surface area contributed by atoms with Gasteiger partial charge in [0.05, 0.1) is 0 Å². The Bertz CT molecular complexity index is 339. The molecule has 0 saturated heterocycles. The van der Waals surface area contributed by atoms with E-state index >= 15 is 0 Å². The van der Waals surface area contributed by atoms with Gasteiger partial charge < -0.3 is 0 Å². The van der Waals surface area contributed by atoms with Crippen molar-refractivity contribution >= 4 is 5.78 Å². The molecule has 0 heterocycles. The lowest BCUT2D eigenvalue weighted by Crippen LogP contribution is -2.39. The van der Waals surface area contributed by atoms with E-state index in [1.807, 2.05) is 0 Å². The third-order valence-corrected chi connectivity index (χ3v) is 4.78. The highest BCUT2D eigenvalue weighted by molar-refractivity contribution is 5.99. The summed E-state index contributed by atoms with van der Waals surface area (Å²) in [6.45, 7) is 13.4. The summed E-state index contributed by atoms with van der Waals surface area (Å²) >= 11 is 0. The lowest BCUT2D eigenvalue weighted by Gasteiger charge is -2.48. The van der Waals surface area contributed by atoms with Crippen LogP contribution in [0.25, 0.3) is 0 Å². The van der Waals surface area contributed by atoms with Crippen molar-refractivity contribution in [2.75, 3.05) is 0 Å². The lowest BCUT2D eigenvalue weighted by molar-refractivity contribution is -0.114. The monoisotopic (exact) mass is 220 g/mol. The molecule has 2 fully saturated rings. The van der Waals surface area contributed by atoms with Crippen LogP contribution in [-0.4, -0.2) is 5.78 Å². The maximum atomic E-state index is 11.9. The largest absolute Gasteiger partial charge is 0.295 e. The zero-order chi connectivity index (χ0) is 12.1. The summed E-state index contributed by atoms with van der Waals surface area (Å²) in [6.07, 6.45) is 4.32. The summed E-state index contributed by atoms with van der Waals surface area (Å²) in [7, 11) is 0. The van der Waals surface area contributed by atoms with Crippen LogP contribution >= 0.6 is 0 Å². The number of allylic oxidation sites excluding steroid dienone is 1. The van der Waals surface area contributed by atoms with Gasteiger partial charge in [-0.1, -0.05) is 34.3 Å². The van der Waals surface area contributed by atoms with Crippen LogP contribution in [0.3, 0.4) is 0 Å². The predicted octanol–water partition coefficient (Wildman–Crippen LogP) is 3.98. The Hall–Kier alpha value is -0.590. The average Bonchev–Trinajstić information content (AvgIpc) is 2.28. The van der Waals surface area contributed by atoms with E-state index in [1.54, 1.807) is 0 Å². The molecular formula is C15H24O. The summed E-state index contributed by atoms with van der Waals surface area (Å²) in [6, 6.07) is 0. The molecule has 90 valence electrons. The van der Waals surface area contributed by atoms with E-state index in [0.29, 0.717) is 23.0 Å². The number of rotatable bonds is 0. The van der Waals surface area contributed by atoms with E-state index in [2.05, 4.69) is 34.3 Å². The predicted molar refractivity (Wildman–Crippen MR) is 67.2 cm³/mol. The minimum atomic E-state index is 0.123. The van der Waals surface area contributed by atoms with Gasteiger partial charge in [0, 0.05) is 11.8 Å². The maximum Gasteiger partial charge on any atom is 0.159 e. The fraction of sp³-hybridized carbons (Fsp3) is 0.800. The Morgan fingerprint density at radius 2 is 1.88 bits per heavy atom. The summed E-state index contributed by atoms with van der Waals surface area (Å²) in [5.41, 5.74) is 1.41. The second-order valence-electron chi connectivity index (χ2n) is 7.02. The lowest BCUT2D eigenvalue weighted by atomic mass is 9.56. The van der Waals surface area contributed by atoms with Crippen LogP contribution < -0.4 is 0 Å². The van der Waals surface area contributed by atoms with Gasteiger partial charge in [-0.05, 0) is 42.1 Å². The fourth-order valence-corrected chi connectivity index (χ4v) is 4.41. The van der Waals surface area contributed by atoms with E-state index in [0.717, 1.165) is 18.4 Å². The Balaban J connectivity index is 2.37. The first kappa shape index (κ1) is 11.9. The molecule has 0 radical (unpaired) electrons. The second-order valence-corrected chi connectivity index (χ2v) is 7.02. The number of carbonyl (C=O) groups excluding carboxylic acids is 1. The molecule has 3 atom stereocenters. The third kappa shape index (κ3) is 1.65. The Morgan fingerprint density at radius 3 is 2.31 bits per heavy atom. The van der Waals surface area contributed by atoms with Gasteiger partial charge in [0.2, 0.25) is 0 Å². The zero-order valence-electron chi connectivity index (χ0n) is 11.1. The molecule has 0 aliphatic heterocycles. The molecule has 0 aromatic carbocycles. The molecule has 2 aliphatic rings. The molecule has 2 rings (SSSR count). The number of hydrogen-bond donors (Lipinski definition) is 0. The normalized spacial score (nSPS) is 43.0. The van der Waals surface area contributed by atoms with E-state index in [9.17, 15) is 4.79 Å². The molecule has 0 aromatic rings. The van der Waals surface area contributed by atoms with Crippen molar-refractivity contribution < 1.29 is 4.79 Å². The molecule has 1 heteroatoms. The topological polar surface area (TPSA) is 17.1 Å². The third-order valence-electron chi connectivity index (χ3n) is 4.78. The smallest absolute Gasteiger partial charge is 0.159 e. The number of Topliss-reactive ketones (excluding diaryl/α,β-unsaturated/α-hetero) is 1. The summed E-state index contributed by atoms with van der Waals surface area (Å²) in [5.74, 6) is 1.53. The first-order chi connectivity index (χ1) is 7.27. The van der Waals surface area contributed by atoms with E-state index in [-0.39, 0.29) is 5.41 Å². The van der Waals surface area contributed by atoms with Crippen LogP contribution in [0.2, 0.25) is 0 Å². The van der Waals surface area contributed by atoms with Crippen LogP contribution in [0.15, 0.2) is 12.2 Å². The molecule has 0 N–H and O–H groups in total. The van der Waals surface area contributed by atoms with Gasteiger partial charge in [0.15, 0.2) is 5.78 Å². The average molecular weight is 220 g/mol. The number of ketones is 1. The van der Waals surface area contributed by atoms with Gasteiger partial charge in [-0.15, -0.1) is 0 Å². The highest BCUT2D eigenvalue weighted by Gasteiger charge is 2.53. The standard InChI is InChI=1S/C15H24O/c1-10-7-14(4,5)9-15(8-10)11(2)6-13(16)12(15)3/h10-11H,3,6-9H2,1-2,4-5H3/t10-,11-,15+/m1/s1. The van der Waals surface area contributed by atoms with Crippen LogP contribution in [0.4, 0.5) is 0 Å². The van der Waals surface area contributed by atoms with Crippen molar-refractivity contribution in [3.63, 3.8) is 0 Å². The quantitative estimate of drug-likeness (QED) is 0.564. The molecular weight excluding hydrogens is 196 g/mol. The van der Waals surface area contributed by atoms with Crippen molar-refractivity contribution in [1.29, 1.82) is 0 Å². The van der Waals surface area contributed by atoms with Crippen molar-refractivity contribution in [2.24, 2.45) is 22.7 Å². The van der Waals surface area contributed by atoms with E-state index in [1.165, 1.54) is 12.8 Å². The van der Waals surface area contributed by atoms with Crippen molar-refractivity contribution in [3.05, 3.63) is 12.2 Å². The van der Waals surface area contributed by atoms with Gasteiger partial charge in [-0.2, -0.15) is 0 Å². The fourth-order valence-electron chi connectivity index (χ4n) is 4.41. The summed E-state index contributed by atoms with van der Waals surface area (Å²) < 4.78 is 0. The Labute approximate surface area is 99.3 Å². The molecule has 0 bridgehead atoms. The molecule has 16 heavy (non-hydrogen) atoms. The molecule has 0 amide bonds. The zero-order valence-corrected chi connectivity index (χ0v) is 11.1. The molecule has 2 saturated carbocycles. The van der Waals surface area contributed by atoms with Gasteiger partial charge in [0.25, 0.3) is 0 Å². The minimum Gasteiger partial charge on any atom is -0.295 e. The van der Waals surface area contributed by atoms with Crippen LogP contribution in [0, 0.1) is 22.7 Å². The van der Waals surface area contributed by atoms with Gasteiger partial charge in [-0.25, -0.2) is 0 Å². The minimum absolute atomic E-state index is 0.123. The van der Waals surface area contributed by atoms with Crippen LogP contribution in [0.5, 0.6) is 0 Å². The van der Waals surface area contributed by atoms with Crippen molar-refractivity contribution in [3.8, 4) is 0 Å². The first-order valence-electron chi connectivity index (χ1n) is 6.49. The van der Waals surface area contributed by atoms with Crippen LogP contribution in [-0.2, 0) is 4.79 Å². The Kier molecular flexibility index (Phi) is 2.56. The van der Waals surface area contributed by atoms with Gasteiger partial charge in [-0.3, -0.25) is 4.79 Å². The maximum absolute atomic E-state index is 11.9. The van der Waals surface area contributed by atoms with E-state index in [4.69, 9.17) is 0 Å². The van der Waals surface area contributed by atoms with Crippen molar-refractivity contribution in [2.45, 2.75) is 53.4 Å². The number of hydrogen-bond acceptors (Lipinski definition) is 1. The number of carbonyl (C=O) groups is 1. The van der Waals surface area contributed by atoms with Gasteiger partial charge >= 0.3 is 0 Å². The van der Waals surface area contributed by atoms with Crippen molar-refractivity contribution in [1.82, 2.24) is 0 Å². The molecule has 0 unspecified atom stereocenters. The molecule has 2 aliphatic carbocycles. The summed E-state index contributed by atoms with van der Waals surface area (Å²) in [5, 5.41) is 0. The summed E-state index contributed by atoms with van der Waals surface area (Å²) in [4.78, 5) is 11.9.